The van der Waals surface area contributed by atoms with E-state index in [-0.39, 0.29) is 6.61 Å². The number of nitriles is 1. The van der Waals surface area contributed by atoms with Crippen molar-refractivity contribution in [3.63, 3.8) is 0 Å². The van der Waals surface area contributed by atoms with Crippen molar-refractivity contribution in [3.8, 4) is 6.07 Å². The van der Waals surface area contributed by atoms with Crippen LogP contribution in [0.5, 0.6) is 0 Å². The van der Waals surface area contributed by atoms with Crippen LogP contribution in [0, 0.1) is 11.3 Å². The fourth-order valence-electron chi connectivity index (χ4n) is 1.81. The van der Waals surface area contributed by atoms with E-state index in [0.717, 1.165) is 21.4 Å². The molecule has 0 saturated carbocycles. The smallest absolute Gasteiger partial charge is 0.0992 e. The summed E-state index contributed by atoms with van der Waals surface area (Å²) in [7, 11) is 1.94. The van der Waals surface area contributed by atoms with E-state index in [1.165, 1.54) is 0 Å². The molecule has 0 aromatic heterocycles. The number of benzene rings is 2. The minimum Gasteiger partial charge on any atom is -0.392 e. The predicted molar refractivity (Wildman–Crippen MR) is 79.3 cm³/mol. The van der Waals surface area contributed by atoms with Crippen molar-refractivity contribution >= 4 is 27.3 Å². The van der Waals surface area contributed by atoms with Crippen LogP contribution >= 0.6 is 15.9 Å². The molecule has 0 spiro atoms. The lowest BCUT2D eigenvalue weighted by atomic mass is 10.1. The van der Waals surface area contributed by atoms with Gasteiger partial charge in [0.15, 0.2) is 0 Å². The summed E-state index contributed by atoms with van der Waals surface area (Å²) in [5.41, 5.74) is 3.42. The van der Waals surface area contributed by atoms with Crippen LogP contribution in [0.1, 0.15) is 11.1 Å². The van der Waals surface area contributed by atoms with Crippen molar-refractivity contribution in [2.45, 2.75) is 6.61 Å². The second kappa shape index (κ2) is 5.87. The molecule has 2 aromatic rings. The van der Waals surface area contributed by atoms with Gasteiger partial charge in [0, 0.05) is 22.9 Å². The number of anilines is 2. The molecular formula is C15H13BrN2O. The zero-order valence-corrected chi connectivity index (χ0v) is 12.1. The third-order valence-corrected chi connectivity index (χ3v) is 3.70. The van der Waals surface area contributed by atoms with Gasteiger partial charge in [-0.15, -0.1) is 0 Å². The van der Waals surface area contributed by atoms with Gasteiger partial charge in [0.25, 0.3) is 0 Å². The van der Waals surface area contributed by atoms with Crippen LogP contribution in [0.3, 0.4) is 0 Å². The Kier molecular flexibility index (Phi) is 4.20. The van der Waals surface area contributed by atoms with Gasteiger partial charge < -0.3 is 10.0 Å². The molecule has 1 N–H and O–H groups in total. The summed E-state index contributed by atoms with van der Waals surface area (Å²) >= 11 is 3.44. The molecule has 0 unspecified atom stereocenters. The van der Waals surface area contributed by atoms with Gasteiger partial charge in [0.1, 0.15) is 0 Å². The van der Waals surface area contributed by atoms with E-state index in [9.17, 15) is 0 Å². The van der Waals surface area contributed by atoms with Gasteiger partial charge in [-0.2, -0.15) is 5.26 Å². The molecule has 0 radical (unpaired) electrons. The first-order chi connectivity index (χ1) is 9.15. The first-order valence-corrected chi connectivity index (χ1v) is 6.58. The van der Waals surface area contributed by atoms with Gasteiger partial charge in [0.2, 0.25) is 0 Å². The second-order valence-electron chi connectivity index (χ2n) is 4.15. The summed E-state index contributed by atoms with van der Waals surface area (Å²) in [6, 6.07) is 15.3. The number of hydrogen-bond acceptors (Lipinski definition) is 3. The third kappa shape index (κ3) is 2.95. The Morgan fingerprint density at radius 2 is 1.95 bits per heavy atom. The van der Waals surface area contributed by atoms with E-state index in [1.54, 1.807) is 6.07 Å². The van der Waals surface area contributed by atoms with E-state index < -0.39 is 0 Å². The topological polar surface area (TPSA) is 47.3 Å². The van der Waals surface area contributed by atoms with Crippen molar-refractivity contribution in [1.29, 1.82) is 5.26 Å². The van der Waals surface area contributed by atoms with E-state index in [2.05, 4.69) is 22.0 Å². The molecule has 4 heteroatoms. The number of rotatable bonds is 3. The standard InChI is InChI=1S/C15H13BrN2O/c1-18(13-4-2-3-11(7-13)9-17)14-6-5-12(10-19)15(16)8-14/h2-8,19H,10H2,1H3. The molecule has 96 valence electrons. The number of aliphatic hydroxyl groups is 1. The van der Waals surface area contributed by atoms with Crippen molar-refractivity contribution in [2.75, 3.05) is 11.9 Å². The monoisotopic (exact) mass is 316 g/mol. The maximum absolute atomic E-state index is 9.15. The molecule has 0 amide bonds. The van der Waals surface area contributed by atoms with E-state index in [0.29, 0.717) is 5.56 Å². The number of halogens is 1. The van der Waals surface area contributed by atoms with Crippen LogP contribution in [0.25, 0.3) is 0 Å². The highest BCUT2D eigenvalue weighted by atomic mass is 79.9. The largest absolute Gasteiger partial charge is 0.392 e. The lowest BCUT2D eigenvalue weighted by molar-refractivity contribution is 0.281. The van der Waals surface area contributed by atoms with Crippen LogP contribution < -0.4 is 4.90 Å². The van der Waals surface area contributed by atoms with E-state index >= 15 is 0 Å². The Bertz CT molecular complexity index is 634. The minimum absolute atomic E-state index is 0.00843. The molecule has 0 atom stereocenters. The zero-order chi connectivity index (χ0) is 13.8. The SMILES string of the molecule is CN(c1cccc(C#N)c1)c1ccc(CO)c(Br)c1. The van der Waals surface area contributed by atoms with Crippen LogP contribution in [0.4, 0.5) is 11.4 Å². The molecule has 0 aliphatic heterocycles. The molecule has 0 aliphatic rings. The molecule has 2 aromatic carbocycles. The summed E-state index contributed by atoms with van der Waals surface area (Å²) in [6.07, 6.45) is 0. The Balaban J connectivity index is 2.36. The van der Waals surface area contributed by atoms with Crippen LogP contribution in [-0.2, 0) is 6.61 Å². The second-order valence-corrected chi connectivity index (χ2v) is 5.01. The predicted octanol–water partition coefficient (Wildman–Crippen LogP) is 3.58. The molecule has 0 aliphatic carbocycles. The van der Waals surface area contributed by atoms with Crippen LogP contribution in [-0.4, -0.2) is 12.2 Å². The lowest BCUT2D eigenvalue weighted by Gasteiger charge is -2.20. The highest BCUT2D eigenvalue weighted by molar-refractivity contribution is 9.10. The highest BCUT2D eigenvalue weighted by Gasteiger charge is 2.07. The first kappa shape index (κ1) is 13.6. The van der Waals surface area contributed by atoms with Crippen molar-refractivity contribution in [2.24, 2.45) is 0 Å². The lowest BCUT2D eigenvalue weighted by Crippen LogP contribution is -2.09. The average molecular weight is 317 g/mol. The van der Waals surface area contributed by atoms with Crippen LogP contribution in [0.15, 0.2) is 46.9 Å². The van der Waals surface area contributed by atoms with Crippen LogP contribution in [0.2, 0.25) is 0 Å². The Morgan fingerprint density at radius 1 is 1.21 bits per heavy atom. The van der Waals surface area contributed by atoms with E-state index in [4.69, 9.17) is 10.4 Å². The van der Waals surface area contributed by atoms with Gasteiger partial charge >= 0.3 is 0 Å². The van der Waals surface area contributed by atoms with Crippen molar-refractivity contribution in [3.05, 3.63) is 58.1 Å². The minimum atomic E-state index is 0.00843. The normalized spacial score (nSPS) is 10.0. The number of nitrogens with zero attached hydrogens (tertiary/aromatic N) is 2. The highest BCUT2D eigenvalue weighted by Crippen LogP contribution is 2.28. The molecule has 0 heterocycles. The Morgan fingerprint density at radius 3 is 2.58 bits per heavy atom. The Hall–Kier alpha value is -1.83. The fourth-order valence-corrected chi connectivity index (χ4v) is 2.30. The third-order valence-electron chi connectivity index (χ3n) is 2.96. The fraction of sp³-hybridized carbons (Fsp3) is 0.133. The molecule has 0 bridgehead atoms. The van der Waals surface area contributed by atoms with Gasteiger partial charge in [-0.3, -0.25) is 0 Å². The number of hydrogen-bond donors (Lipinski definition) is 1. The van der Waals surface area contributed by atoms with Gasteiger partial charge in [-0.05, 0) is 35.9 Å². The summed E-state index contributed by atoms with van der Waals surface area (Å²) in [4.78, 5) is 1.99. The number of aliphatic hydroxyl groups excluding tert-OH is 1. The molecular weight excluding hydrogens is 304 g/mol. The Labute approximate surface area is 120 Å². The summed E-state index contributed by atoms with van der Waals surface area (Å²) in [5, 5.41) is 18.1. The molecule has 19 heavy (non-hydrogen) atoms. The average Bonchev–Trinajstić information content (AvgIpc) is 2.46. The molecule has 0 fully saturated rings. The van der Waals surface area contributed by atoms with E-state index in [1.807, 2.05) is 48.3 Å². The first-order valence-electron chi connectivity index (χ1n) is 5.79. The summed E-state index contributed by atoms with van der Waals surface area (Å²) in [5.74, 6) is 0. The van der Waals surface area contributed by atoms with Crippen molar-refractivity contribution < 1.29 is 5.11 Å². The van der Waals surface area contributed by atoms with Gasteiger partial charge in [0.05, 0.1) is 18.2 Å². The van der Waals surface area contributed by atoms with Gasteiger partial charge in [-0.25, -0.2) is 0 Å². The molecule has 2 rings (SSSR count). The summed E-state index contributed by atoms with van der Waals surface area (Å²) in [6.45, 7) is 0.00843. The quantitative estimate of drug-likeness (QED) is 0.941. The van der Waals surface area contributed by atoms with Crippen molar-refractivity contribution in [1.82, 2.24) is 0 Å². The molecule has 0 saturated heterocycles. The summed E-state index contributed by atoms with van der Waals surface area (Å²) < 4.78 is 0.871. The molecule has 3 nitrogen and oxygen atoms in total. The maximum Gasteiger partial charge on any atom is 0.0992 e. The zero-order valence-electron chi connectivity index (χ0n) is 10.5. The maximum atomic E-state index is 9.15. The van der Waals surface area contributed by atoms with Gasteiger partial charge in [-0.1, -0.05) is 28.1 Å².